The number of anilines is 1. The summed E-state index contributed by atoms with van der Waals surface area (Å²) in [5.74, 6) is 0.981. The normalized spacial score (nSPS) is 21.6. The second-order valence-corrected chi connectivity index (χ2v) is 8.55. The maximum Gasteiger partial charge on any atom is 0.168 e. The first-order valence-electron chi connectivity index (χ1n) is 10.8. The van der Waals surface area contributed by atoms with Crippen LogP contribution in [0.2, 0.25) is 5.02 Å². The highest BCUT2D eigenvalue weighted by atomic mass is 35.5. The summed E-state index contributed by atoms with van der Waals surface area (Å²) in [5, 5.41) is 13.5. The summed E-state index contributed by atoms with van der Waals surface area (Å²) in [6, 6.07) is 6.39. The summed E-state index contributed by atoms with van der Waals surface area (Å²) in [6.45, 7) is 9.93. The molecule has 158 valence electrons. The third kappa shape index (κ3) is 4.73. The van der Waals surface area contributed by atoms with Crippen LogP contribution < -0.4 is 4.90 Å². The Balaban J connectivity index is 1.45. The summed E-state index contributed by atoms with van der Waals surface area (Å²) in [5.41, 5.74) is 2.51. The van der Waals surface area contributed by atoms with E-state index in [9.17, 15) is 0 Å². The van der Waals surface area contributed by atoms with Crippen molar-refractivity contribution in [3.63, 3.8) is 0 Å². The molecule has 0 unspecified atom stereocenters. The van der Waals surface area contributed by atoms with Gasteiger partial charge in [0.2, 0.25) is 0 Å². The average Bonchev–Trinajstić information content (AvgIpc) is 3.41. The van der Waals surface area contributed by atoms with E-state index in [-0.39, 0.29) is 12.1 Å². The Kier molecular flexibility index (Phi) is 6.67. The van der Waals surface area contributed by atoms with Gasteiger partial charge in [-0.3, -0.25) is 4.90 Å². The third-order valence-electron chi connectivity index (χ3n) is 6.09. The molecule has 29 heavy (non-hydrogen) atoms. The number of piperazine rings is 1. The van der Waals surface area contributed by atoms with Crippen molar-refractivity contribution >= 4 is 17.3 Å². The molecule has 0 bridgehead atoms. The Morgan fingerprint density at radius 3 is 2.79 bits per heavy atom. The number of ether oxygens (including phenoxy) is 1. The summed E-state index contributed by atoms with van der Waals surface area (Å²) < 4.78 is 7.78. The summed E-state index contributed by atoms with van der Waals surface area (Å²) in [7, 11) is 0. The zero-order valence-electron chi connectivity index (χ0n) is 17.4. The predicted molar refractivity (Wildman–Crippen MR) is 114 cm³/mol. The Hall–Kier alpha value is -1.70. The zero-order chi connectivity index (χ0) is 20.2. The van der Waals surface area contributed by atoms with Gasteiger partial charge in [-0.1, -0.05) is 31.0 Å². The first-order valence-corrected chi connectivity index (χ1v) is 11.2. The van der Waals surface area contributed by atoms with Gasteiger partial charge in [0.25, 0.3) is 0 Å². The number of aryl methyl sites for hydroxylation is 1. The Labute approximate surface area is 178 Å². The first kappa shape index (κ1) is 20.6. The number of nitrogens with zero attached hydrogens (tertiary/aromatic N) is 6. The van der Waals surface area contributed by atoms with Crippen LogP contribution in [0.1, 0.15) is 50.0 Å². The minimum absolute atomic E-state index is 0.238. The van der Waals surface area contributed by atoms with Gasteiger partial charge < -0.3 is 9.64 Å². The average molecular weight is 419 g/mol. The van der Waals surface area contributed by atoms with Crippen LogP contribution in [0.3, 0.4) is 0 Å². The van der Waals surface area contributed by atoms with E-state index in [1.54, 1.807) is 0 Å². The number of hydrogen-bond donors (Lipinski definition) is 0. The highest BCUT2D eigenvalue weighted by Gasteiger charge is 2.30. The van der Waals surface area contributed by atoms with E-state index in [4.69, 9.17) is 16.3 Å². The molecule has 1 aromatic carbocycles. The molecule has 2 aliphatic heterocycles. The van der Waals surface area contributed by atoms with E-state index >= 15 is 0 Å². The molecule has 3 heterocycles. The topological polar surface area (TPSA) is 59.3 Å². The number of halogens is 1. The van der Waals surface area contributed by atoms with Crippen LogP contribution in [-0.4, -0.2) is 64.0 Å². The molecule has 0 saturated carbocycles. The van der Waals surface area contributed by atoms with Gasteiger partial charge in [0.1, 0.15) is 0 Å². The van der Waals surface area contributed by atoms with E-state index in [2.05, 4.69) is 51.3 Å². The number of rotatable bonds is 7. The van der Waals surface area contributed by atoms with Crippen molar-refractivity contribution in [1.29, 1.82) is 0 Å². The summed E-state index contributed by atoms with van der Waals surface area (Å²) >= 11 is 6.24. The van der Waals surface area contributed by atoms with Gasteiger partial charge in [0.05, 0.1) is 18.7 Å². The van der Waals surface area contributed by atoms with Crippen molar-refractivity contribution in [2.45, 2.75) is 58.2 Å². The standard InChI is InChI=1S/C21H31ClN6O/c1-3-5-19(21-23-24-25-28(21)15-18-6-4-13-29-18)26-9-11-27(12-10-26)20-14-17(22)8-7-16(20)2/h7-8,14,18-19H,3-6,9-13,15H2,1-2H3/t18-,19-/m0/s1. The molecule has 4 rings (SSSR count). The van der Waals surface area contributed by atoms with Crippen LogP contribution in [0.4, 0.5) is 5.69 Å². The van der Waals surface area contributed by atoms with Crippen molar-refractivity contribution in [3.8, 4) is 0 Å². The highest BCUT2D eigenvalue weighted by Crippen LogP contribution is 2.29. The van der Waals surface area contributed by atoms with Gasteiger partial charge in [-0.25, -0.2) is 4.68 Å². The minimum Gasteiger partial charge on any atom is -0.376 e. The van der Waals surface area contributed by atoms with Gasteiger partial charge in [0.15, 0.2) is 5.82 Å². The smallest absolute Gasteiger partial charge is 0.168 e. The van der Waals surface area contributed by atoms with E-state index in [0.29, 0.717) is 0 Å². The third-order valence-corrected chi connectivity index (χ3v) is 6.32. The lowest BCUT2D eigenvalue weighted by molar-refractivity contribution is 0.0891. The zero-order valence-corrected chi connectivity index (χ0v) is 18.2. The number of hydrogen-bond acceptors (Lipinski definition) is 6. The van der Waals surface area contributed by atoms with Crippen molar-refractivity contribution in [2.24, 2.45) is 0 Å². The van der Waals surface area contributed by atoms with Crippen LogP contribution in [0.15, 0.2) is 18.2 Å². The molecule has 7 nitrogen and oxygen atoms in total. The fourth-order valence-electron chi connectivity index (χ4n) is 4.51. The molecule has 1 aromatic heterocycles. The number of benzene rings is 1. The molecule has 0 aliphatic carbocycles. The van der Waals surface area contributed by atoms with Crippen molar-refractivity contribution in [2.75, 3.05) is 37.7 Å². The Bertz CT molecular complexity index is 798. The molecule has 0 amide bonds. The van der Waals surface area contributed by atoms with Gasteiger partial charge in [-0.2, -0.15) is 0 Å². The molecule has 2 aliphatic rings. The van der Waals surface area contributed by atoms with Crippen LogP contribution in [0.25, 0.3) is 0 Å². The van der Waals surface area contributed by atoms with E-state index in [1.165, 1.54) is 11.3 Å². The fourth-order valence-corrected chi connectivity index (χ4v) is 4.67. The van der Waals surface area contributed by atoms with Crippen molar-refractivity contribution < 1.29 is 4.74 Å². The van der Waals surface area contributed by atoms with Crippen LogP contribution in [0, 0.1) is 6.92 Å². The van der Waals surface area contributed by atoms with Crippen LogP contribution in [0.5, 0.6) is 0 Å². The molecule has 2 fully saturated rings. The first-order chi connectivity index (χ1) is 14.2. The van der Waals surface area contributed by atoms with E-state index in [1.807, 2.05) is 10.7 Å². The molecular formula is C21H31ClN6O. The molecule has 2 atom stereocenters. The van der Waals surface area contributed by atoms with Gasteiger partial charge in [-0.05, 0) is 54.3 Å². The SMILES string of the molecule is CCC[C@@H](c1nnnn1C[C@@H]1CCCO1)N1CCN(c2cc(Cl)ccc2C)CC1. The fraction of sp³-hybridized carbons (Fsp3) is 0.667. The lowest BCUT2D eigenvalue weighted by atomic mass is 10.1. The molecule has 2 aromatic rings. The number of tetrazole rings is 1. The largest absolute Gasteiger partial charge is 0.376 e. The van der Waals surface area contributed by atoms with E-state index in [0.717, 1.165) is 75.9 Å². The second-order valence-electron chi connectivity index (χ2n) is 8.11. The number of aromatic nitrogens is 4. The minimum atomic E-state index is 0.238. The second kappa shape index (κ2) is 9.41. The molecule has 0 spiro atoms. The molecule has 0 N–H and O–H groups in total. The summed E-state index contributed by atoms with van der Waals surface area (Å²) in [4.78, 5) is 4.98. The molecule has 0 radical (unpaired) electrons. The van der Waals surface area contributed by atoms with Gasteiger partial charge >= 0.3 is 0 Å². The lowest BCUT2D eigenvalue weighted by Crippen LogP contribution is -2.48. The predicted octanol–water partition coefficient (Wildman–Crippen LogP) is 3.48. The van der Waals surface area contributed by atoms with Crippen LogP contribution in [-0.2, 0) is 11.3 Å². The molecule has 2 saturated heterocycles. The van der Waals surface area contributed by atoms with Gasteiger partial charge in [-0.15, -0.1) is 5.10 Å². The van der Waals surface area contributed by atoms with E-state index < -0.39 is 0 Å². The monoisotopic (exact) mass is 418 g/mol. The molecular weight excluding hydrogens is 388 g/mol. The Morgan fingerprint density at radius 2 is 2.07 bits per heavy atom. The van der Waals surface area contributed by atoms with Crippen molar-refractivity contribution in [3.05, 3.63) is 34.6 Å². The summed E-state index contributed by atoms with van der Waals surface area (Å²) in [6.07, 6.45) is 4.62. The maximum atomic E-state index is 6.24. The quantitative estimate of drug-likeness (QED) is 0.686. The van der Waals surface area contributed by atoms with Gasteiger partial charge in [0, 0.05) is 43.5 Å². The van der Waals surface area contributed by atoms with Crippen molar-refractivity contribution in [1.82, 2.24) is 25.1 Å². The van der Waals surface area contributed by atoms with Crippen LogP contribution >= 0.6 is 11.6 Å². The Morgan fingerprint density at radius 1 is 1.24 bits per heavy atom. The molecule has 8 heteroatoms. The maximum absolute atomic E-state index is 6.24. The lowest BCUT2D eigenvalue weighted by Gasteiger charge is -2.40. The highest BCUT2D eigenvalue weighted by molar-refractivity contribution is 6.30.